The highest BCUT2D eigenvalue weighted by atomic mass is 32.1. The summed E-state index contributed by atoms with van der Waals surface area (Å²) in [5, 5.41) is 9.00. The van der Waals surface area contributed by atoms with Gasteiger partial charge in [-0.05, 0) is 38.4 Å². The van der Waals surface area contributed by atoms with Crippen molar-refractivity contribution in [2.75, 3.05) is 26.2 Å². The van der Waals surface area contributed by atoms with E-state index in [1.165, 1.54) is 22.6 Å². The number of rotatable bonds is 8. The van der Waals surface area contributed by atoms with Gasteiger partial charge in [0.1, 0.15) is 0 Å². The molecule has 92 valence electrons. The second-order valence-corrected chi connectivity index (χ2v) is 5.55. The van der Waals surface area contributed by atoms with Crippen LogP contribution >= 0.6 is 11.3 Å². The number of aliphatic hydroxyl groups is 1. The van der Waals surface area contributed by atoms with Crippen LogP contribution in [0.5, 0.6) is 0 Å². The first-order valence-corrected chi connectivity index (χ1v) is 6.96. The number of nitrogens with zero attached hydrogens (tertiary/aromatic N) is 1. The molecule has 0 unspecified atom stereocenters. The first-order valence-electron chi connectivity index (χ1n) is 6.14. The summed E-state index contributed by atoms with van der Waals surface area (Å²) in [5.41, 5.74) is 0. The average Bonchev–Trinajstić information content (AvgIpc) is 2.68. The molecule has 16 heavy (non-hydrogen) atoms. The monoisotopic (exact) mass is 241 g/mol. The molecular formula is C13H23NOS. The lowest BCUT2D eigenvalue weighted by molar-refractivity contribution is 0.195. The molecule has 0 radical (unpaired) electrons. The second kappa shape index (κ2) is 7.82. The number of hydrogen-bond acceptors (Lipinski definition) is 3. The Bertz CT molecular complexity index is 285. The Kier molecular flexibility index (Phi) is 6.69. The van der Waals surface area contributed by atoms with Crippen LogP contribution in [0.15, 0.2) is 12.1 Å². The minimum absolute atomic E-state index is 0.271. The third kappa shape index (κ3) is 5.10. The minimum Gasteiger partial charge on any atom is -0.395 e. The highest BCUT2D eigenvalue weighted by molar-refractivity contribution is 7.11. The summed E-state index contributed by atoms with van der Waals surface area (Å²) >= 11 is 1.88. The van der Waals surface area contributed by atoms with E-state index in [9.17, 15) is 0 Å². The fourth-order valence-corrected chi connectivity index (χ4v) is 2.63. The van der Waals surface area contributed by atoms with E-state index in [4.69, 9.17) is 5.11 Å². The lowest BCUT2D eigenvalue weighted by Gasteiger charge is -2.20. The summed E-state index contributed by atoms with van der Waals surface area (Å²) in [6, 6.07) is 4.40. The van der Waals surface area contributed by atoms with E-state index in [0.717, 1.165) is 26.1 Å². The zero-order chi connectivity index (χ0) is 11.8. The fourth-order valence-electron chi connectivity index (χ4n) is 1.75. The standard InChI is InChI=1S/C13H23NOS/c1-3-4-8-14(10-11-15)9-7-13-6-5-12(2)16-13/h5-6,15H,3-4,7-11H2,1-2H3. The highest BCUT2D eigenvalue weighted by Gasteiger charge is 2.04. The van der Waals surface area contributed by atoms with Gasteiger partial charge >= 0.3 is 0 Å². The van der Waals surface area contributed by atoms with Gasteiger partial charge in [0.05, 0.1) is 6.61 Å². The summed E-state index contributed by atoms with van der Waals surface area (Å²) in [6.07, 6.45) is 3.56. The van der Waals surface area contributed by atoms with Crippen LogP contribution in [-0.2, 0) is 6.42 Å². The highest BCUT2D eigenvalue weighted by Crippen LogP contribution is 2.15. The normalized spacial score (nSPS) is 11.2. The Morgan fingerprint density at radius 2 is 2.06 bits per heavy atom. The Morgan fingerprint density at radius 1 is 1.25 bits per heavy atom. The van der Waals surface area contributed by atoms with Gasteiger partial charge in [-0.25, -0.2) is 0 Å². The van der Waals surface area contributed by atoms with Crippen molar-refractivity contribution in [1.82, 2.24) is 4.90 Å². The van der Waals surface area contributed by atoms with E-state index in [1.807, 2.05) is 11.3 Å². The van der Waals surface area contributed by atoms with E-state index >= 15 is 0 Å². The Morgan fingerprint density at radius 3 is 2.62 bits per heavy atom. The molecule has 0 spiro atoms. The summed E-state index contributed by atoms with van der Waals surface area (Å²) in [7, 11) is 0. The minimum atomic E-state index is 0.271. The van der Waals surface area contributed by atoms with Crippen molar-refractivity contribution in [3.8, 4) is 0 Å². The summed E-state index contributed by atoms with van der Waals surface area (Å²) in [4.78, 5) is 5.20. The predicted octanol–water partition coefficient (Wildman–Crippen LogP) is 2.69. The molecule has 1 heterocycles. The molecule has 0 saturated carbocycles. The van der Waals surface area contributed by atoms with Crippen LogP contribution < -0.4 is 0 Å². The molecule has 0 atom stereocenters. The van der Waals surface area contributed by atoms with Gasteiger partial charge in [-0.1, -0.05) is 13.3 Å². The van der Waals surface area contributed by atoms with Crippen LogP contribution in [0.1, 0.15) is 29.5 Å². The first kappa shape index (κ1) is 13.7. The van der Waals surface area contributed by atoms with Crippen LogP contribution in [0.2, 0.25) is 0 Å². The lowest BCUT2D eigenvalue weighted by atomic mass is 10.2. The second-order valence-electron chi connectivity index (χ2n) is 4.18. The molecule has 0 fully saturated rings. The largest absolute Gasteiger partial charge is 0.395 e. The summed E-state index contributed by atoms with van der Waals surface area (Å²) < 4.78 is 0. The molecule has 1 aromatic rings. The van der Waals surface area contributed by atoms with Crippen molar-refractivity contribution in [2.24, 2.45) is 0 Å². The lowest BCUT2D eigenvalue weighted by Crippen LogP contribution is -2.30. The average molecular weight is 241 g/mol. The maximum Gasteiger partial charge on any atom is 0.0558 e. The Balaban J connectivity index is 2.30. The van der Waals surface area contributed by atoms with E-state index in [2.05, 4.69) is 30.9 Å². The van der Waals surface area contributed by atoms with Crippen molar-refractivity contribution in [1.29, 1.82) is 0 Å². The van der Waals surface area contributed by atoms with Gasteiger partial charge in [-0.2, -0.15) is 0 Å². The van der Waals surface area contributed by atoms with Gasteiger partial charge < -0.3 is 10.0 Å². The number of hydrogen-bond donors (Lipinski definition) is 1. The topological polar surface area (TPSA) is 23.5 Å². The molecule has 0 bridgehead atoms. The SMILES string of the molecule is CCCCN(CCO)CCc1ccc(C)s1. The molecule has 0 saturated heterocycles. The van der Waals surface area contributed by atoms with Gasteiger partial charge in [0.25, 0.3) is 0 Å². The van der Waals surface area contributed by atoms with Crippen LogP contribution in [-0.4, -0.2) is 36.2 Å². The van der Waals surface area contributed by atoms with E-state index in [0.29, 0.717) is 0 Å². The van der Waals surface area contributed by atoms with Gasteiger partial charge in [-0.15, -0.1) is 11.3 Å². The summed E-state index contributed by atoms with van der Waals surface area (Å²) in [5.74, 6) is 0. The molecule has 0 aliphatic carbocycles. The molecule has 2 nitrogen and oxygen atoms in total. The maximum absolute atomic E-state index is 9.00. The zero-order valence-corrected chi connectivity index (χ0v) is 11.2. The molecule has 0 aliphatic heterocycles. The van der Waals surface area contributed by atoms with E-state index < -0.39 is 0 Å². The van der Waals surface area contributed by atoms with Crippen molar-refractivity contribution in [3.63, 3.8) is 0 Å². The molecule has 1 aromatic heterocycles. The quantitative estimate of drug-likeness (QED) is 0.756. The number of aryl methyl sites for hydroxylation is 1. The van der Waals surface area contributed by atoms with Gasteiger partial charge in [0.2, 0.25) is 0 Å². The molecular weight excluding hydrogens is 218 g/mol. The van der Waals surface area contributed by atoms with Gasteiger partial charge in [0.15, 0.2) is 0 Å². The smallest absolute Gasteiger partial charge is 0.0558 e. The zero-order valence-electron chi connectivity index (χ0n) is 10.4. The van der Waals surface area contributed by atoms with Crippen LogP contribution in [0.25, 0.3) is 0 Å². The Labute approximate surface area is 103 Å². The van der Waals surface area contributed by atoms with Crippen LogP contribution in [0.3, 0.4) is 0 Å². The third-order valence-electron chi connectivity index (χ3n) is 2.71. The number of unbranched alkanes of at least 4 members (excludes halogenated alkanes) is 1. The molecule has 0 aliphatic rings. The third-order valence-corrected chi connectivity index (χ3v) is 3.78. The van der Waals surface area contributed by atoms with Crippen LogP contribution in [0.4, 0.5) is 0 Å². The van der Waals surface area contributed by atoms with E-state index in [1.54, 1.807) is 0 Å². The van der Waals surface area contributed by atoms with Crippen molar-refractivity contribution in [3.05, 3.63) is 21.9 Å². The molecule has 0 amide bonds. The molecule has 0 aromatic carbocycles. The maximum atomic E-state index is 9.00. The Hall–Kier alpha value is -0.380. The first-order chi connectivity index (χ1) is 7.76. The number of aliphatic hydroxyl groups excluding tert-OH is 1. The van der Waals surface area contributed by atoms with Crippen molar-refractivity contribution >= 4 is 11.3 Å². The fraction of sp³-hybridized carbons (Fsp3) is 0.692. The van der Waals surface area contributed by atoms with Crippen molar-refractivity contribution in [2.45, 2.75) is 33.1 Å². The molecule has 3 heteroatoms. The van der Waals surface area contributed by atoms with E-state index in [-0.39, 0.29) is 6.61 Å². The predicted molar refractivity (Wildman–Crippen MR) is 71.2 cm³/mol. The van der Waals surface area contributed by atoms with Crippen molar-refractivity contribution < 1.29 is 5.11 Å². The van der Waals surface area contributed by atoms with Crippen LogP contribution in [0, 0.1) is 6.92 Å². The number of thiophene rings is 1. The molecule has 1 rings (SSSR count). The van der Waals surface area contributed by atoms with Gasteiger partial charge in [0, 0.05) is 22.8 Å². The van der Waals surface area contributed by atoms with Gasteiger partial charge in [-0.3, -0.25) is 0 Å². The summed E-state index contributed by atoms with van der Waals surface area (Å²) in [6.45, 7) is 7.62. The molecule has 1 N–H and O–H groups in total.